The summed E-state index contributed by atoms with van der Waals surface area (Å²) in [6.45, 7) is 2.46. The molecule has 9 nitrogen and oxygen atoms in total. The molecule has 1 aliphatic heterocycles. The first-order chi connectivity index (χ1) is 15.9. The molecule has 0 radical (unpaired) electrons. The standard InChI is InChI=1S/C24H33N3O6/c1-15(22(25)29)11-18(14-28)26-24(31)19(12-16-5-3-2-4-6-16)27-23(30)17-7-8-20-21(13-17)33-10-9-32-20/h7-8,13-16,18-19H,2-6,9-12H2,1H3,(H2,25,29)(H,26,31)(H,27,30)/t15-,18-,19-/m0/s1. The Morgan fingerprint density at radius 2 is 1.79 bits per heavy atom. The van der Waals surface area contributed by atoms with Crippen LogP contribution in [0.25, 0.3) is 0 Å². The largest absolute Gasteiger partial charge is 0.486 e. The average molecular weight is 460 g/mol. The van der Waals surface area contributed by atoms with Crippen LogP contribution in [0.3, 0.4) is 0 Å². The van der Waals surface area contributed by atoms with Gasteiger partial charge in [0.05, 0.1) is 6.04 Å². The van der Waals surface area contributed by atoms with E-state index in [1.807, 2.05) is 0 Å². The van der Waals surface area contributed by atoms with E-state index in [9.17, 15) is 19.2 Å². The second-order valence-corrected chi connectivity index (χ2v) is 8.91. The minimum atomic E-state index is -0.861. The zero-order valence-electron chi connectivity index (χ0n) is 19.0. The van der Waals surface area contributed by atoms with Gasteiger partial charge in [0, 0.05) is 11.5 Å². The normalized spacial score (nSPS) is 18.5. The molecule has 1 fully saturated rings. The maximum Gasteiger partial charge on any atom is 0.252 e. The lowest BCUT2D eigenvalue weighted by Crippen LogP contribution is -2.51. The molecular weight excluding hydrogens is 426 g/mol. The van der Waals surface area contributed by atoms with Gasteiger partial charge in [-0.1, -0.05) is 39.0 Å². The number of fused-ring (bicyclic) bond motifs is 1. The van der Waals surface area contributed by atoms with Crippen LogP contribution in [0.1, 0.15) is 62.2 Å². The fourth-order valence-electron chi connectivity index (χ4n) is 4.34. The lowest BCUT2D eigenvalue weighted by molar-refractivity contribution is -0.127. The van der Waals surface area contributed by atoms with Crippen LogP contribution in [0.15, 0.2) is 18.2 Å². The molecule has 0 aromatic heterocycles. The number of benzene rings is 1. The highest BCUT2D eigenvalue weighted by Gasteiger charge is 2.29. The molecule has 1 heterocycles. The number of ether oxygens (including phenoxy) is 2. The number of primary amides is 1. The molecule has 0 spiro atoms. The Hall–Kier alpha value is -3.10. The summed E-state index contributed by atoms with van der Waals surface area (Å²) in [6.07, 6.45) is 6.56. The summed E-state index contributed by atoms with van der Waals surface area (Å²) in [4.78, 5) is 48.9. The van der Waals surface area contributed by atoms with Gasteiger partial charge >= 0.3 is 0 Å². The molecule has 3 rings (SSSR count). The monoisotopic (exact) mass is 459 g/mol. The number of amides is 3. The number of carbonyl (C=O) groups excluding carboxylic acids is 4. The zero-order chi connectivity index (χ0) is 23.8. The Balaban J connectivity index is 1.71. The molecule has 9 heteroatoms. The van der Waals surface area contributed by atoms with Crippen LogP contribution in [-0.2, 0) is 14.4 Å². The van der Waals surface area contributed by atoms with E-state index in [0.29, 0.717) is 48.9 Å². The van der Waals surface area contributed by atoms with Crippen LogP contribution in [0.4, 0.5) is 0 Å². The van der Waals surface area contributed by atoms with Crippen molar-refractivity contribution in [1.29, 1.82) is 0 Å². The van der Waals surface area contributed by atoms with Crippen LogP contribution >= 0.6 is 0 Å². The quantitative estimate of drug-likeness (QED) is 0.456. The van der Waals surface area contributed by atoms with Gasteiger partial charge in [0.15, 0.2) is 11.5 Å². The molecule has 1 aromatic carbocycles. The van der Waals surface area contributed by atoms with Gasteiger partial charge < -0.3 is 30.6 Å². The van der Waals surface area contributed by atoms with Crippen molar-refractivity contribution < 1.29 is 28.7 Å². The van der Waals surface area contributed by atoms with Crippen molar-refractivity contribution in [2.75, 3.05) is 13.2 Å². The number of nitrogens with one attached hydrogen (secondary N) is 2. The first kappa shape index (κ1) is 24.5. The maximum atomic E-state index is 13.1. The van der Waals surface area contributed by atoms with Gasteiger partial charge in [0.2, 0.25) is 11.8 Å². The highest BCUT2D eigenvalue weighted by molar-refractivity contribution is 5.98. The Labute approximate surface area is 193 Å². The molecular formula is C24H33N3O6. The van der Waals surface area contributed by atoms with Gasteiger partial charge in [0.1, 0.15) is 25.5 Å². The molecule has 3 amide bonds. The van der Waals surface area contributed by atoms with Crippen LogP contribution in [0, 0.1) is 11.8 Å². The molecule has 1 saturated carbocycles. The molecule has 4 N–H and O–H groups in total. The predicted octanol–water partition coefficient (Wildman–Crippen LogP) is 1.72. The average Bonchev–Trinajstić information content (AvgIpc) is 2.83. The van der Waals surface area contributed by atoms with Gasteiger partial charge in [-0.05, 0) is 37.0 Å². The fourth-order valence-corrected chi connectivity index (χ4v) is 4.34. The Kier molecular flexibility index (Phi) is 8.68. The number of hydrogen-bond donors (Lipinski definition) is 3. The van der Waals surface area contributed by atoms with Crippen molar-refractivity contribution in [2.45, 2.75) is 64.0 Å². The molecule has 1 aliphatic carbocycles. The molecule has 0 bridgehead atoms. The van der Waals surface area contributed by atoms with Crippen LogP contribution in [0.5, 0.6) is 11.5 Å². The highest BCUT2D eigenvalue weighted by Crippen LogP contribution is 2.31. The fraction of sp³-hybridized carbons (Fsp3) is 0.583. The molecule has 1 aromatic rings. The summed E-state index contributed by atoms with van der Waals surface area (Å²) < 4.78 is 11.0. The summed E-state index contributed by atoms with van der Waals surface area (Å²) in [7, 11) is 0. The number of carbonyl (C=O) groups is 4. The third-order valence-electron chi connectivity index (χ3n) is 6.31. The van der Waals surface area contributed by atoms with E-state index in [1.54, 1.807) is 25.1 Å². The van der Waals surface area contributed by atoms with Crippen molar-refractivity contribution >= 4 is 24.0 Å². The van der Waals surface area contributed by atoms with Crippen molar-refractivity contribution in [1.82, 2.24) is 10.6 Å². The van der Waals surface area contributed by atoms with Gasteiger partial charge in [0.25, 0.3) is 5.91 Å². The number of aldehydes is 1. The Morgan fingerprint density at radius 3 is 2.45 bits per heavy atom. The van der Waals surface area contributed by atoms with Gasteiger partial charge in [-0.2, -0.15) is 0 Å². The van der Waals surface area contributed by atoms with Crippen LogP contribution < -0.4 is 25.8 Å². The molecule has 0 unspecified atom stereocenters. The molecule has 0 saturated heterocycles. The number of nitrogens with two attached hydrogens (primary N) is 1. The first-order valence-electron chi connectivity index (χ1n) is 11.6. The Morgan fingerprint density at radius 1 is 1.09 bits per heavy atom. The van der Waals surface area contributed by atoms with E-state index in [0.717, 1.165) is 25.7 Å². The second kappa shape index (κ2) is 11.7. The first-order valence-corrected chi connectivity index (χ1v) is 11.6. The maximum absolute atomic E-state index is 13.1. The third-order valence-corrected chi connectivity index (χ3v) is 6.31. The smallest absolute Gasteiger partial charge is 0.252 e. The summed E-state index contributed by atoms with van der Waals surface area (Å²) >= 11 is 0. The molecule has 2 aliphatic rings. The van der Waals surface area contributed by atoms with E-state index in [1.165, 1.54) is 6.42 Å². The predicted molar refractivity (Wildman–Crippen MR) is 121 cm³/mol. The summed E-state index contributed by atoms with van der Waals surface area (Å²) in [6, 6.07) is 3.23. The van der Waals surface area contributed by atoms with Gasteiger partial charge in [-0.3, -0.25) is 14.4 Å². The van der Waals surface area contributed by atoms with Crippen molar-refractivity contribution in [3.63, 3.8) is 0 Å². The van der Waals surface area contributed by atoms with E-state index in [2.05, 4.69) is 10.6 Å². The number of hydrogen-bond acceptors (Lipinski definition) is 6. The zero-order valence-corrected chi connectivity index (χ0v) is 19.0. The van der Waals surface area contributed by atoms with E-state index in [4.69, 9.17) is 15.2 Å². The minimum absolute atomic E-state index is 0.108. The third kappa shape index (κ3) is 6.94. The van der Waals surface area contributed by atoms with Gasteiger partial charge in [-0.15, -0.1) is 0 Å². The van der Waals surface area contributed by atoms with E-state index < -0.39 is 35.7 Å². The molecule has 3 atom stereocenters. The van der Waals surface area contributed by atoms with Crippen molar-refractivity contribution in [2.24, 2.45) is 17.6 Å². The lowest BCUT2D eigenvalue weighted by Gasteiger charge is -2.28. The summed E-state index contributed by atoms with van der Waals surface area (Å²) in [5.74, 6) is -0.577. The second-order valence-electron chi connectivity index (χ2n) is 8.91. The Bertz CT molecular complexity index is 868. The van der Waals surface area contributed by atoms with Crippen LogP contribution in [-0.4, -0.2) is 49.3 Å². The van der Waals surface area contributed by atoms with Gasteiger partial charge in [-0.25, -0.2) is 0 Å². The van der Waals surface area contributed by atoms with Crippen LogP contribution in [0.2, 0.25) is 0 Å². The summed E-state index contributed by atoms with van der Waals surface area (Å²) in [5.41, 5.74) is 5.64. The topological polar surface area (TPSA) is 137 Å². The minimum Gasteiger partial charge on any atom is -0.486 e. The van der Waals surface area contributed by atoms with Crippen molar-refractivity contribution in [3.8, 4) is 11.5 Å². The summed E-state index contributed by atoms with van der Waals surface area (Å²) in [5, 5.41) is 5.51. The van der Waals surface area contributed by atoms with E-state index >= 15 is 0 Å². The SMILES string of the molecule is C[C@@H](C[C@@H](C=O)NC(=O)[C@H](CC1CCCCC1)NC(=O)c1ccc2c(c1)OCCO2)C(N)=O. The lowest BCUT2D eigenvalue weighted by atomic mass is 9.84. The van der Waals surface area contributed by atoms with E-state index in [-0.39, 0.29) is 6.42 Å². The van der Waals surface area contributed by atoms with Crippen molar-refractivity contribution in [3.05, 3.63) is 23.8 Å². The molecule has 180 valence electrons. The number of rotatable bonds is 10. The highest BCUT2D eigenvalue weighted by atomic mass is 16.6. The molecule has 33 heavy (non-hydrogen) atoms.